The van der Waals surface area contributed by atoms with E-state index in [1.54, 1.807) is 64.1 Å². The molecule has 10 heteroatoms. The molecular formula is C33H42O10. The number of benzene rings is 1. The van der Waals surface area contributed by atoms with Gasteiger partial charge in [-0.2, -0.15) is 0 Å². The van der Waals surface area contributed by atoms with Crippen LogP contribution in [0.25, 0.3) is 0 Å². The zero-order chi connectivity index (χ0) is 32.3. The number of carbonyl (C=O) groups is 5. The predicted octanol–water partition coefficient (Wildman–Crippen LogP) is 4.29. The normalized spacial score (nSPS) is 33.2. The molecule has 0 radical (unpaired) electrons. The first-order chi connectivity index (χ1) is 20.0. The van der Waals surface area contributed by atoms with Crippen molar-refractivity contribution in [1.82, 2.24) is 0 Å². The number of ketones is 1. The molecule has 2 aliphatic rings. The van der Waals surface area contributed by atoms with Crippen LogP contribution in [-0.2, 0) is 38.1 Å². The van der Waals surface area contributed by atoms with E-state index in [1.807, 2.05) is 6.92 Å². The first kappa shape index (κ1) is 33.7. The summed E-state index contributed by atoms with van der Waals surface area (Å²) in [6.07, 6.45) is -1.48. The van der Waals surface area contributed by atoms with E-state index in [4.69, 9.17) is 18.9 Å². The number of aliphatic hydroxyl groups excluding tert-OH is 1. The van der Waals surface area contributed by atoms with Crippen molar-refractivity contribution in [3.8, 4) is 0 Å². The first-order valence-corrected chi connectivity index (χ1v) is 14.4. The number of aliphatic hydroxyl groups is 1. The highest BCUT2D eigenvalue weighted by Gasteiger charge is 2.61. The summed E-state index contributed by atoms with van der Waals surface area (Å²) in [7, 11) is 0. The van der Waals surface area contributed by atoms with Crippen molar-refractivity contribution in [2.75, 3.05) is 0 Å². The van der Waals surface area contributed by atoms with Crippen LogP contribution in [0.15, 0.2) is 53.6 Å². The highest BCUT2D eigenvalue weighted by Crippen LogP contribution is 2.51. The van der Waals surface area contributed by atoms with Crippen molar-refractivity contribution in [2.24, 2.45) is 17.3 Å². The Morgan fingerprint density at radius 3 is 2.02 bits per heavy atom. The maximum atomic E-state index is 13.5. The number of Topliss-reactive ketones (excluding diaryl/α,β-unsaturated/α-hetero) is 1. The number of rotatable bonds is 5. The summed E-state index contributed by atoms with van der Waals surface area (Å²) in [6, 6.07) is 8.41. The minimum absolute atomic E-state index is 0.119. The lowest BCUT2D eigenvalue weighted by Crippen LogP contribution is -2.53. The second-order valence-electron chi connectivity index (χ2n) is 12.2. The number of hydrogen-bond acceptors (Lipinski definition) is 10. The maximum Gasteiger partial charge on any atom is 0.338 e. The molecule has 10 nitrogen and oxygen atoms in total. The van der Waals surface area contributed by atoms with Crippen LogP contribution in [0.3, 0.4) is 0 Å². The summed E-state index contributed by atoms with van der Waals surface area (Å²) in [4.78, 5) is 64.2. The van der Waals surface area contributed by atoms with Crippen molar-refractivity contribution in [2.45, 2.75) is 98.2 Å². The smallest absolute Gasteiger partial charge is 0.338 e. The van der Waals surface area contributed by atoms with Gasteiger partial charge in [-0.1, -0.05) is 51.1 Å². The minimum Gasteiger partial charge on any atom is -0.458 e. The van der Waals surface area contributed by atoms with Crippen LogP contribution in [0, 0.1) is 17.3 Å². The van der Waals surface area contributed by atoms with Crippen LogP contribution in [0.1, 0.15) is 78.6 Å². The van der Waals surface area contributed by atoms with E-state index < -0.39 is 71.1 Å². The van der Waals surface area contributed by atoms with Crippen molar-refractivity contribution >= 4 is 29.7 Å². The number of esters is 4. The van der Waals surface area contributed by atoms with Gasteiger partial charge in [0.2, 0.25) is 0 Å². The van der Waals surface area contributed by atoms with Gasteiger partial charge in [-0.3, -0.25) is 19.2 Å². The van der Waals surface area contributed by atoms with Gasteiger partial charge < -0.3 is 24.1 Å². The van der Waals surface area contributed by atoms with E-state index in [1.165, 1.54) is 26.8 Å². The van der Waals surface area contributed by atoms with Crippen molar-refractivity contribution in [3.05, 3.63) is 59.2 Å². The number of carbonyl (C=O) groups excluding carboxylic acids is 5. The lowest BCUT2D eigenvalue weighted by molar-refractivity contribution is -0.186. The Balaban J connectivity index is 2.33. The van der Waals surface area contributed by atoms with Gasteiger partial charge >= 0.3 is 23.9 Å². The Morgan fingerprint density at radius 1 is 0.860 bits per heavy atom. The molecule has 0 spiro atoms. The molecule has 234 valence electrons. The van der Waals surface area contributed by atoms with Crippen LogP contribution >= 0.6 is 0 Å². The molecule has 0 bridgehead atoms. The number of ether oxygens (including phenoxy) is 4. The van der Waals surface area contributed by atoms with E-state index in [2.05, 4.69) is 0 Å². The Bertz CT molecular complexity index is 1310. The second kappa shape index (κ2) is 13.2. The molecule has 1 fully saturated rings. The molecule has 7 atom stereocenters. The number of hydrogen-bond donors (Lipinski definition) is 1. The van der Waals surface area contributed by atoms with Crippen molar-refractivity contribution < 1.29 is 48.0 Å². The molecule has 0 amide bonds. The molecule has 1 aromatic carbocycles. The van der Waals surface area contributed by atoms with E-state index in [0.29, 0.717) is 16.7 Å². The van der Waals surface area contributed by atoms with Crippen LogP contribution in [0.5, 0.6) is 0 Å². The highest BCUT2D eigenvalue weighted by molar-refractivity contribution is 5.89. The van der Waals surface area contributed by atoms with Crippen LogP contribution in [-0.4, -0.2) is 64.8 Å². The Hall–Kier alpha value is -3.79. The minimum atomic E-state index is -1.59. The summed E-state index contributed by atoms with van der Waals surface area (Å²) < 4.78 is 23.6. The summed E-state index contributed by atoms with van der Waals surface area (Å²) in [5.41, 5.74) is -1.80. The van der Waals surface area contributed by atoms with Gasteiger partial charge in [-0.05, 0) is 49.5 Å². The van der Waals surface area contributed by atoms with Gasteiger partial charge in [-0.25, -0.2) is 4.79 Å². The summed E-state index contributed by atoms with van der Waals surface area (Å²) in [5.74, 6) is -4.25. The zero-order valence-corrected chi connectivity index (χ0v) is 26.0. The van der Waals surface area contributed by atoms with Gasteiger partial charge in [0.25, 0.3) is 0 Å². The summed E-state index contributed by atoms with van der Waals surface area (Å²) in [5, 5.41) is 11.3. The lowest BCUT2D eigenvalue weighted by Gasteiger charge is -2.42. The van der Waals surface area contributed by atoms with Crippen molar-refractivity contribution in [1.29, 1.82) is 0 Å². The molecule has 1 N–H and O–H groups in total. The fourth-order valence-corrected chi connectivity index (χ4v) is 6.06. The topological polar surface area (TPSA) is 143 Å². The fraction of sp³-hybridized carbons (Fsp3) is 0.545. The molecule has 3 rings (SSSR count). The SMILES string of the molecule is CC(=O)O[C@@H]1/C(C)=C/[C@H](O)C(C)(C)C(=O)C[C@@H](OC(C)=O)/C(C)=C/[C@H]2[C@@H](OC(=O)c3ccccc3)[C@@H](C)C[C@]12OC(C)=O. The molecule has 0 unspecified atom stereocenters. The van der Waals surface area contributed by atoms with E-state index in [0.717, 1.165) is 0 Å². The second-order valence-corrected chi connectivity index (χ2v) is 12.2. The average molecular weight is 599 g/mol. The van der Waals surface area contributed by atoms with Gasteiger partial charge in [0.15, 0.2) is 11.7 Å². The molecule has 0 saturated heterocycles. The van der Waals surface area contributed by atoms with E-state index in [9.17, 15) is 29.1 Å². The molecule has 1 saturated carbocycles. The van der Waals surface area contributed by atoms with Gasteiger partial charge in [0.05, 0.1) is 23.0 Å². The molecular weight excluding hydrogens is 556 g/mol. The van der Waals surface area contributed by atoms with Crippen LogP contribution < -0.4 is 0 Å². The molecule has 1 aromatic rings. The van der Waals surface area contributed by atoms with Gasteiger partial charge in [-0.15, -0.1) is 0 Å². The summed E-state index contributed by atoms with van der Waals surface area (Å²) in [6.45, 7) is 11.9. The zero-order valence-electron chi connectivity index (χ0n) is 26.0. The Labute approximate surface area is 252 Å². The number of fused-ring (bicyclic) bond motifs is 1. The Kier molecular flexibility index (Phi) is 10.4. The first-order valence-electron chi connectivity index (χ1n) is 14.4. The van der Waals surface area contributed by atoms with Gasteiger partial charge in [0, 0.05) is 27.2 Å². The molecule has 0 aromatic heterocycles. The quantitative estimate of drug-likeness (QED) is 0.296. The highest BCUT2D eigenvalue weighted by atomic mass is 16.6. The third kappa shape index (κ3) is 7.41. The largest absolute Gasteiger partial charge is 0.458 e. The molecule has 43 heavy (non-hydrogen) atoms. The van der Waals surface area contributed by atoms with Crippen LogP contribution in [0.4, 0.5) is 0 Å². The molecule has 0 heterocycles. The standard InChI is InChI=1S/C33H42O10/c1-18-14-25-29(42-31(39)24-12-10-9-11-13-24)20(3)17-33(25,43-23(6)36)30(41-22(5)35)19(2)15-27(37)32(7,8)28(38)16-26(18)40-21(4)34/h9-15,20,25-27,29-30,37H,16-17H2,1-8H3/b18-14+,19-15+/t20-,25-,26+,27-,29-,30+,33+/m0/s1. The molecule has 2 aliphatic carbocycles. The van der Waals surface area contributed by atoms with Crippen LogP contribution in [0.2, 0.25) is 0 Å². The predicted molar refractivity (Wildman–Crippen MR) is 155 cm³/mol. The van der Waals surface area contributed by atoms with E-state index >= 15 is 0 Å². The third-order valence-corrected chi connectivity index (χ3v) is 8.36. The van der Waals surface area contributed by atoms with E-state index in [-0.39, 0.29) is 18.6 Å². The average Bonchev–Trinajstić information content (AvgIpc) is 3.15. The Morgan fingerprint density at radius 2 is 1.47 bits per heavy atom. The van der Waals surface area contributed by atoms with Crippen molar-refractivity contribution in [3.63, 3.8) is 0 Å². The summed E-state index contributed by atoms with van der Waals surface area (Å²) >= 11 is 0. The fourth-order valence-electron chi connectivity index (χ4n) is 6.06. The third-order valence-electron chi connectivity index (χ3n) is 8.36. The van der Waals surface area contributed by atoms with Gasteiger partial charge in [0.1, 0.15) is 18.0 Å². The maximum absolute atomic E-state index is 13.5. The monoisotopic (exact) mass is 598 g/mol. The molecule has 0 aliphatic heterocycles. The lowest BCUT2D eigenvalue weighted by atomic mass is 9.75.